The molecule has 2 fully saturated rings. The van der Waals surface area contributed by atoms with Gasteiger partial charge in [0.2, 0.25) is 0 Å². The summed E-state index contributed by atoms with van der Waals surface area (Å²) in [6, 6.07) is 12.7. The Morgan fingerprint density at radius 3 is 2.64 bits per heavy atom. The third-order valence-corrected chi connectivity index (χ3v) is 5.96. The van der Waals surface area contributed by atoms with Crippen molar-refractivity contribution < 1.29 is 9.13 Å². The molecule has 1 heterocycles. The molecular formula is C23H30FN3O. The van der Waals surface area contributed by atoms with Gasteiger partial charge in [0.15, 0.2) is 0 Å². The van der Waals surface area contributed by atoms with Gasteiger partial charge in [-0.1, -0.05) is 12.1 Å². The van der Waals surface area contributed by atoms with E-state index in [1.165, 1.54) is 18.4 Å². The molecule has 4 rings (SSSR count). The van der Waals surface area contributed by atoms with Crippen molar-refractivity contribution in [3.63, 3.8) is 0 Å². The molecule has 1 aliphatic heterocycles. The van der Waals surface area contributed by atoms with Crippen molar-refractivity contribution in [1.82, 2.24) is 4.90 Å². The smallest absolute Gasteiger partial charge is 0.128 e. The van der Waals surface area contributed by atoms with Gasteiger partial charge in [0.25, 0.3) is 0 Å². The Labute approximate surface area is 167 Å². The van der Waals surface area contributed by atoms with Crippen LogP contribution in [0, 0.1) is 12.7 Å². The Hall–Kier alpha value is -2.11. The maximum atomic E-state index is 14.2. The molecule has 0 spiro atoms. The molecule has 1 unspecified atom stereocenters. The minimum Gasteiger partial charge on any atom is -0.388 e. The van der Waals surface area contributed by atoms with Crippen LogP contribution in [0.15, 0.2) is 36.4 Å². The fourth-order valence-electron chi connectivity index (χ4n) is 3.87. The number of hydrogen-bond donors (Lipinski definition) is 2. The minimum atomic E-state index is -0.152. The lowest BCUT2D eigenvalue weighted by molar-refractivity contribution is -0.00655. The second-order valence-corrected chi connectivity index (χ2v) is 7.97. The summed E-state index contributed by atoms with van der Waals surface area (Å²) in [5, 5.41) is 6.61. The first-order valence-corrected chi connectivity index (χ1v) is 10.3. The number of nitrogens with zero attached hydrogens (tertiary/aromatic N) is 1. The summed E-state index contributed by atoms with van der Waals surface area (Å²) in [6.07, 6.45) is 2.66. The van der Waals surface area contributed by atoms with Crippen LogP contribution in [0.5, 0.6) is 0 Å². The van der Waals surface area contributed by atoms with Crippen LogP contribution >= 0.6 is 0 Å². The van der Waals surface area contributed by atoms with Gasteiger partial charge < -0.3 is 15.4 Å². The molecule has 0 bridgehead atoms. The van der Waals surface area contributed by atoms with Gasteiger partial charge in [0.05, 0.1) is 19.3 Å². The number of rotatable bonds is 7. The van der Waals surface area contributed by atoms with E-state index in [4.69, 9.17) is 4.74 Å². The summed E-state index contributed by atoms with van der Waals surface area (Å²) in [5.41, 5.74) is 5.18. The van der Waals surface area contributed by atoms with Crippen LogP contribution in [0.1, 0.15) is 35.4 Å². The van der Waals surface area contributed by atoms with E-state index in [0.717, 1.165) is 54.7 Å². The molecule has 150 valence electrons. The van der Waals surface area contributed by atoms with E-state index in [1.54, 1.807) is 6.07 Å². The minimum absolute atomic E-state index is 0.152. The molecule has 0 amide bonds. The molecule has 28 heavy (non-hydrogen) atoms. The van der Waals surface area contributed by atoms with Crippen molar-refractivity contribution in [3.8, 4) is 0 Å². The van der Waals surface area contributed by atoms with Crippen molar-refractivity contribution in [3.05, 3.63) is 58.9 Å². The van der Waals surface area contributed by atoms with Crippen LogP contribution in [-0.4, -0.2) is 44.3 Å². The van der Waals surface area contributed by atoms with Crippen LogP contribution in [0.4, 0.5) is 15.8 Å². The summed E-state index contributed by atoms with van der Waals surface area (Å²) in [7, 11) is 1.82. The number of benzene rings is 2. The van der Waals surface area contributed by atoms with Crippen LogP contribution < -0.4 is 10.6 Å². The molecule has 1 atom stereocenters. The molecule has 4 nitrogen and oxygen atoms in total. The fraction of sp³-hybridized carbons (Fsp3) is 0.478. The Bertz CT molecular complexity index is 804. The summed E-state index contributed by atoms with van der Waals surface area (Å²) >= 11 is 0. The second kappa shape index (κ2) is 8.50. The zero-order valence-electron chi connectivity index (χ0n) is 16.8. The number of hydrogen-bond acceptors (Lipinski definition) is 4. The normalized spacial score (nSPS) is 20.2. The summed E-state index contributed by atoms with van der Waals surface area (Å²) in [4.78, 5) is 2.40. The van der Waals surface area contributed by atoms with Crippen LogP contribution in [0.25, 0.3) is 0 Å². The van der Waals surface area contributed by atoms with E-state index in [2.05, 4.69) is 45.9 Å². The summed E-state index contributed by atoms with van der Waals surface area (Å²) in [6.45, 7) is 5.68. The van der Waals surface area contributed by atoms with Crippen molar-refractivity contribution in [1.29, 1.82) is 0 Å². The van der Waals surface area contributed by atoms with E-state index >= 15 is 0 Å². The van der Waals surface area contributed by atoms with E-state index in [-0.39, 0.29) is 11.9 Å². The Morgan fingerprint density at radius 1 is 1.14 bits per heavy atom. The van der Waals surface area contributed by atoms with Crippen molar-refractivity contribution in [2.45, 2.75) is 38.3 Å². The molecule has 0 aromatic heterocycles. The van der Waals surface area contributed by atoms with Crippen molar-refractivity contribution in [2.24, 2.45) is 0 Å². The highest BCUT2D eigenvalue weighted by Gasteiger charge is 2.25. The van der Waals surface area contributed by atoms with Gasteiger partial charge in [0.1, 0.15) is 5.82 Å². The van der Waals surface area contributed by atoms with Gasteiger partial charge in [-0.2, -0.15) is 0 Å². The first-order valence-electron chi connectivity index (χ1n) is 10.3. The quantitative estimate of drug-likeness (QED) is 0.745. The predicted molar refractivity (Wildman–Crippen MR) is 113 cm³/mol. The largest absolute Gasteiger partial charge is 0.388 e. The van der Waals surface area contributed by atoms with E-state index in [0.29, 0.717) is 6.61 Å². The highest BCUT2D eigenvalue weighted by molar-refractivity contribution is 5.49. The van der Waals surface area contributed by atoms with Gasteiger partial charge in [-0.25, -0.2) is 4.39 Å². The maximum Gasteiger partial charge on any atom is 0.128 e. The average Bonchev–Trinajstić information content (AvgIpc) is 3.56. The van der Waals surface area contributed by atoms with Crippen LogP contribution in [-0.2, 0) is 11.3 Å². The standard InChI is InChI=1S/C23H30FN3O/c1-16-19(11-21(25-2)12-23(16)24)14-27-9-10-28-15-22(27)13-26-20-7-5-18(6-8-20)17-3-4-17/h5-8,11-12,17,22,25-26H,3-4,9-10,13-15H2,1-2H3. The summed E-state index contributed by atoms with van der Waals surface area (Å²) in [5.74, 6) is 0.633. The number of halogens is 1. The molecule has 1 saturated carbocycles. The molecule has 2 aromatic carbocycles. The lowest BCUT2D eigenvalue weighted by Crippen LogP contribution is -2.48. The molecule has 0 radical (unpaired) electrons. The highest BCUT2D eigenvalue weighted by atomic mass is 19.1. The monoisotopic (exact) mass is 383 g/mol. The Balaban J connectivity index is 1.41. The lowest BCUT2D eigenvalue weighted by Gasteiger charge is -2.36. The Morgan fingerprint density at radius 2 is 1.93 bits per heavy atom. The molecule has 2 N–H and O–H groups in total. The van der Waals surface area contributed by atoms with Gasteiger partial charge in [-0.15, -0.1) is 0 Å². The lowest BCUT2D eigenvalue weighted by atomic mass is 10.0. The van der Waals surface area contributed by atoms with Gasteiger partial charge >= 0.3 is 0 Å². The number of morpholine rings is 1. The highest BCUT2D eigenvalue weighted by Crippen LogP contribution is 2.40. The zero-order valence-corrected chi connectivity index (χ0v) is 16.8. The Kier molecular flexibility index (Phi) is 5.83. The SMILES string of the molecule is CNc1cc(F)c(C)c(CN2CCOCC2CNc2ccc(C3CC3)cc2)c1. The topological polar surface area (TPSA) is 36.5 Å². The van der Waals surface area contributed by atoms with Gasteiger partial charge in [-0.3, -0.25) is 4.90 Å². The number of ether oxygens (including phenoxy) is 1. The van der Waals surface area contributed by atoms with Crippen molar-refractivity contribution in [2.75, 3.05) is 44.0 Å². The third kappa shape index (κ3) is 4.47. The van der Waals surface area contributed by atoms with E-state index in [9.17, 15) is 4.39 Å². The summed E-state index contributed by atoms with van der Waals surface area (Å²) < 4.78 is 20.0. The first-order chi connectivity index (χ1) is 13.6. The van der Waals surface area contributed by atoms with Crippen LogP contribution in [0.2, 0.25) is 0 Å². The molecular weight excluding hydrogens is 353 g/mol. The molecule has 2 aromatic rings. The van der Waals surface area contributed by atoms with Gasteiger partial charge in [-0.05, 0) is 66.6 Å². The van der Waals surface area contributed by atoms with E-state index in [1.807, 2.05) is 14.0 Å². The number of anilines is 2. The average molecular weight is 384 g/mol. The molecule has 5 heteroatoms. The number of nitrogens with one attached hydrogen (secondary N) is 2. The zero-order chi connectivity index (χ0) is 19.5. The molecule has 2 aliphatic rings. The third-order valence-electron chi connectivity index (χ3n) is 5.96. The maximum absolute atomic E-state index is 14.2. The predicted octanol–water partition coefficient (Wildman–Crippen LogP) is 4.37. The van der Waals surface area contributed by atoms with E-state index < -0.39 is 0 Å². The van der Waals surface area contributed by atoms with Crippen molar-refractivity contribution >= 4 is 11.4 Å². The van der Waals surface area contributed by atoms with Gasteiger partial charge in [0, 0.05) is 38.1 Å². The van der Waals surface area contributed by atoms with Crippen LogP contribution in [0.3, 0.4) is 0 Å². The molecule has 1 saturated heterocycles. The first kappa shape index (κ1) is 19.2. The molecule has 1 aliphatic carbocycles. The second-order valence-electron chi connectivity index (χ2n) is 7.97. The fourth-order valence-corrected chi connectivity index (χ4v) is 3.87.